The van der Waals surface area contributed by atoms with E-state index >= 15 is 0 Å². The maximum absolute atomic E-state index is 11.2. The van der Waals surface area contributed by atoms with Crippen molar-refractivity contribution in [1.29, 1.82) is 0 Å². The van der Waals surface area contributed by atoms with Crippen LogP contribution in [-0.2, 0) is 19.1 Å². The number of ether oxygens (including phenoxy) is 2. The highest BCUT2D eigenvalue weighted by Gasteiger charge is 2.42. The number of aliphatic hydroxyl groups is 3. The number of primary amides is 2. The van der Waals surface area contributed by atoms with E-state index in [0.29, 0.717) is 0 Å². The number of rotatable bonds is 5. The van der Waals surface area contributed by atoms with Gasteiger partial charge in [0.1, 0.15) is 12.2 Å². The molecule has 1 aliphatic heterocycles. The molecule has 2 amide bonds. The molecule has 7 N–H and O–H groups in total. The van der Waals surface area contributed by atoms with Crippen LogP contribution in [0.25, 0.3) is 0 Å². The van der Waals surface area contributed by atoms with Gasteiger partial charge in [0.15, 0.2) is 12.4 Å². The molecule has 0 spiro atoms. The second-order valence-electron chi connectivity index (χ2n) is 4.79. The Balaban J connectivity index is 2.76. The van der Waals surface area contributed by atoms with Crippen molar-refractivity contribution in [2.75, 3.05) is 0 Å². The van der Waals surface area contributed by atoms with Gasteiger partial charge < -0.3 is 36.3 Å². The monoisotopic (exact) mass is 292 g/mol. The van der Waals surface area contributed by atoms with Crippen LogP contribution in [0.15, 0.2) is 0 Å². The number of amides is 2. The minimum atomic E-state index is -1.66. The molecule has 0 saturated carbocycles. The summed E-state index contributed by atoms with van der Waals surface area (Å²) in [5, 5.41) is 29.0. The molecule has 116 valence electrons. The lowest BCUT2D eigenvalue weighted by Gasteiger charge is -2.24. The summed E-state index contributed by atoms with van der Waals surface area (Å²) in [6.07, 6.45) is -8.13. The van der Waals surface area contributed by atoms with Gasteiger partial charge in [-0.1, -0.05) is 0 Å². The van der Waals surface area contributed by atoms with Gasteiger partial charge >= 0.3 is 0 Å². The van der Waals surface area contributed by atoms with Gasteiger partial charge in [-0.05, 0) is 6.92 Å². The summed E-state index contributed by atoms with van der Waals surface area (Å²) in [6, 6.07) is 0. The fourth-order valence-electron chi connectivity index (χ4n) is 1.96. The van der Waals surface area contributed by atoms with Crippen LogP contribution in [-0.4, -0.2) is 63.9 Å². The van der Waals surface area contributed by atoms with Crippen molar-refractivity contribution >= 4 is 11.8 Å². The van der Waals surface area contributed by atoms with Crippen LogP contribution in [0.4, 0.5) is 0 Å². The molecule has 0 aromatic carbocycles. The predicted molar refractivity (Wildman–Crippen MR) is 64.9 cm³/mol. The molecule has 0 radical (unpaired) electrons. The lowest BCUT2D eigenvalue weighted by Crippen LogP contribution is -2.48. The highest BCUT2D eigenvalue weighted by atomic mass is 16.7. The molecule has 9 heteroatoms. The zero-order valence-electron chi connectivity index (χ0n) is 11.0. The molecule has 6 atom stereocenters. The lowest BCUT2D eigenvalue weighted by atomic mass is 10.0. The zero-order chi connectivity index (χ0) is 15.4. The van der Waals surface area contributed by atoms with Crippen LogP contribution in [0.1, 0.15) is 19.8 Å². The first kappa shape index (κ1) is 16.8. The molecular formula is C11H20N2O7. The average Bonchev–Trinajstić information content (AvgIpc) is 2.40. The van der Waals surface area contributed by atoms with Crippen LogP contribution >= 0.6 is 0 Å². The summed E-state index contributed by atoms with van der Waals surface area (Å²) < 4.78 is 10.5. The number of aliphatic hydroxyl groups excluding tert-OH is 3. The second-order valence-corrected chi connectivity index (χ2v) is 4.79. The maximum atomic E-state index is 11.2. The zero-order valence-corrected chi connectivity index (χ0v) is 11.0. The van der Waals surface area contributed by atoms with E-state index in [1.54, 1.807) is 6.92 Å². The largest absolute Gasteiger partial charge is 0.390 e. The normalized spacial score (nSPS) is 36.1. The van der Waals surface area contributed by atoms with E-state index in [4.69, 9.17) is 20.9 Å². The van der Waals surface area contributed by atoms with Gasteiger partial charge in [0.2, 0.25) is 11.8 Å². The molecule has 0 aromatic heterocycles. The van der Waals surface area contributed by atoms with Crippen molar-refractivity contribution in [1.82, 2.24) is 0 Å². The minimum Gasteiger partial charge on any atom is -0.390 e. The van der Waals surface area contributed by atoms with Crippen molar-refractivity contribution in [3.63, 3.8) is 0 Å². The van der Waals surface area contributed by atoms with Crippen molar-refractivity contribution in [3.05, 3.63) is 0 Å². The molecule has 20 heavy (non-hydrogen) atoms. The predicted octanol–water partition coefficient (Wildman–Crippen LogP) is -3.05. The maximum Gasteiger partial charge on any atom is 0.249 e. The van der Waals surface area contributed by atoms with Gasteiger partial charge in [-0.2, -0.15) is 0 Å². The van der Waals surface area contributed by atoms with E-state index in [-0.39, 0.29) is 12.8 Å². The molecule has 1 heterocycles. The fraction of sp³-hybridized carbons (Fsp3) is 0.818. The van der Waals surface area contributed by atoms with Gasteiger partial charge in [0.05, 0.1) is 18.6 Å². The van der Waals surface area contributed by atoms with E-state index in [1.165, 1.54) is 0 Å². The Morgan fingerprint density at radius 1 is 1.30 bits per heavy atom. The van der Waals surface area contributed by atoms with Crippen LogP contribution < -0.4 is 11.5 Å². The fourth-order valence-corrected chi connectivity index (χ4v) is 1.96. The third-order valence-electron chi connectivity index (χ3n) is 2.94. The molecule has 1 rings (SSSR count). The first-order chi connectivity index (χ1) is 9.22. The third-order valence-corrected chi connectivity index (χ3v) is 2.94. The molecule has 1 aliphatic rings. The van der Waals surface area contributed by atoms with Gasteiger partial charge in [-0.3, -0.25) is 9.59 Å². The first-order valence-corrected chi connectivity index (χ1v) is 6.15. The van der Waals surface area contributed by atoms with Crippen LogP contribution in [0.2, 0.25) is 0 Å². The molecule has 4 unspecified atom stereocenters. The number of hydrogen-bond acceptors (Lipinski definition) is 7. The van der Waals surface area contributed by atoms with Gasteiger partial charge in [0.25, 0.3) is 0 Å². The van der Waals surface area contributed by atoms with Gasteiger partial charge in [-0.15, -0.1) is 0 Å². The Morgan fingerprint density at radius 2 is 1.90 bits per heavy atom. The summed E-state index contributed by atoms with van der Waals surface area (Å²) >= 11 is 0. The summed E-state index contributed by atoms with van der Waals surface area (Å²) in [6.45, 7) is 1.55. The van der Waals surface area contributed by atoms with Gasteiger partial charge in [-0.25, -0.2) is 0 Å². The van der Waals surface area contributed by atoms with E-state index < -0.39 is 48.6 Å². The molecule has 0 aliphatic carbocycles. The molecule has 0 aromatic rings. The Morgan fingerprint density at radius 3 is 2.40 bits per heavy atom. The van der Waals surface area contributed by atoms with Crippen LogP contribution in [0, 0.1) is 0 Å². The average molecular weight is 292 g/mol. The Bertz CT molecular complexity index is 365. The third kappa shape index (κ3) is 4.39. The van der Waals surface area contributed by atoms with Crippen molar-refractivity contribution in [3.8, 4) is 0 Å². The lowest BCUT2D eigenvalue weighted by molar-refractivity contribution is -0.206. The Labute approximate surface area is 115 Å². The Kier molecular flexibility index (Phi) is 5.84. The summed E-state index contributed by atoms with van der Waals surface area (Å²) in [5.41, 5.74) is 10.1. The smallest absolute Gasteiger partial charge is 0.249 e. The standard InChI is InChI=1S/C11H20N2O7/c1-4(2-6(12)15)19-7-3-5(14)8(16)9(17)10(20-7)11(13)18/h4-5,7-10,14,16-17H,2-3H2,1H3,(H2,12,15)(H2,13,18)/t4?,5?,7-,8?,9+,10?/m1/s1. The second kappa shape index (κ2) is 6.95. The van der Waals surface area contributed by atoms with E-state index in [9.17, 15) is 24.9 Å². The SMILES string of the molecule is CC(CC(N)=O)O[C@H]1CC(O)C(O)[C@H](O)C(C(N)=O)O1. The summed E-state index contributed by atoms with van der Waals surface area (Å²) in [5.74, 6) is -1.58. The van der Waals surface area contributed by atoms with Crippen LogP contribution in [0.5, 0.6) is 0 Å². The van der Waals surface area contributed by atoms with Crippen molar-refractivity contribution < 1.29 is 34.4 Å². The Hall–Kier alpha value is -1.26. The highest BCUT2D eigenvalue weighted by Crippen LogP contribution is 2.22. The molecule has 0 bridgehead atoms. The topological polar surface area (TPSA) is 165 Å². The number of nitrogens with two attached hydrogens (primary N) is 2. The van der Waals surface area contributed by atoms with Gasteiger partial charge in [0, 0.05) is 6.42 Å². The molecule has 1 saturated heterocycles. The van der Waals surface area contributed by atoms with E-state index in [2.05, 4.69) is 0 Å². The van der Waals surface area contributed by atoms with E-state index in [1.807, 2.05) is 0 Å². The molecular weight excluding hydrogens is 272 g/mol. The summed E-state index contributed by atoms with van der Waals surface area (Å²) in [7, 11) is 0. The van der Waals surface area contributed by atoms with E-state index in [0.717, 1.165) is 0 Å². The van der Waals surface area contributed by atoms with Crippen LogP contribution in [0.3, 0.4) is 0 Å². The first-order valence-electron chi connectivity index (χ1n) is 6.15. The molecule has 9 nitrogen and oxygen atoms in total. The van der Waals surface area contributed by atoms with Crippen molar-refractivity contribution in [2.45, 2.75) is 56.6 Å². The number of carbonyl (C=O) groups is 2. The number of hydrogen-bond donors (Lipinski definition) is 5. The van der Waals surface area contributed by atoms with Crippen molar-refractivity contribution in [2.24, 2.45) is 11.5 Å². The quantitative estimate of drug-likeness (QED) is 0.359. The highest BCUT2D eigenvalue weighted by molar-refractivity contribution is 5.79. The number of carbonyl (C=O) groups excluding carboxylic acids is 2. The summed E-state index contributed by atoms with van der Waals surface area (Å²) in [4.78, 5) is 22.0. The minimum absolute atomic E-state index is 0.0811. The molecule has 1 fully saturated rings.